The molecule has 0 heterocycles. The van der Waals surface area contributed by atoms with E-state index in [1.54, 1.807) is 0 Å². The lowest BCUT2D eigenvalue weighted by Gasteiger charge is -2.15. The molecule has 0 saturated heterocycles. The van der Waals surface area contributed by atoms with Crippen LogP contribution in [0.4, 0.5) is 0 Å². The summed E-state index contributed by atoms with van der Waals surface area (Å²) in [7, 11) is 0. The Labute approximate surface area is 114 Å². The van der Waals surface area contributed by atoms with Crippen LogP contribution in [-0.4, -0.2) is 11.9 Å². The highest BCUT2D eigenvalue weighted by Crippen LogP contribution is 2.15. The molecular weight excluding hydrogens is 238 g/mol. The highest BCUT2D eigenvalue weighted by atomic mass is 16.1. The van der Waals surface area contributed by atoms with E-state index >= 15 is 0 Å². The molecule has 1 amide bonds. The molecule has 4 nitrogen and oxygen atoms in total. The summed E-state index contributed by atoms with van der Waals surface area (Å²) in [4.78, 5) is 11.7. The van der Waals surface area contributed by atoms with Crippen LogP contribution in [0.1, 0.15) is 44.2 Å². The molecule has 0 spiro atoms. The van der Waals surface area contributed by atoms with Gasteiger partial charge in [0.25, 0.3) is 0 Å². The van der Waals surface area contributed by atoms with Gasteiger partial charge < -0.3 is 11.1 Å². The molecule has 0 saturated carbocycles. The molecule has 0 radical (unpaired) electrons. The highest BCUT2D eigenvalue weighted by Gasteiger charge is 2.12. The second-order valence-corrected chi connectivity index (χ2v) is 4.59. The van der Waals surface area contributed by atoms with Crippen LogP contribution in [0.25, 0.3) is 0 Å². The minimum atomic E-state index is -0.122. The van der Waals surface area contributed by atoms with Crippen LogP contribution in [0, 0.1) is 11.3 Å². The van der Waals surface area contributed by atoms with Crippen LogP contribution in [0.3, 0.4) is 0 Å². The van der Waals surface area contributed by atoms with E-state index in [-0.39, 0.29) is 18.0 Å². The first-order valence-corrected chi connectivity index (χ1v) is 6.64. The summed E-state index contributed by atoms with van der Waals surface area (Å²) in [6.45, 7) is 1.96. The molecule has 0 aliphatic heterocycles. The van der Waals surface area contributed by atoms with Gasteiger partial charge in [-0.05, 0) is 18.4 Å². The van der Waals surface area contributed by atoms with Crippen LogP contribution in [0.15, 0.2) is 30.3 Å². The van der Waals surface area contributed by atoms with Gasteiger partial charge in [-0.15, -0.1) is 0 Å². The standard InChI is InChI=1S/C15H21N3O/c1-2-13(10-11-16)18-15(19)9-8-14(17)12-6-4-3-5-7-12/h3-7,13-14H,2,8-10,17H2,1H3,(H,18,19). The van der Waals surface area contributed by atoms with Gasteiger partial charge in [0, 0.05) is 18.5 Å². The first kappa shape index (κ1) is 15.2. The lowest BCUT2D eigenvalue weighted by molar-refractivity contribution is -0.122. The van der Waals surface area contributed by atoms with E-state index in [1.807, 2.05) is 37.3 Å². The van der Waals surface area contributed by atoms with Crippen molar-refractivity contribution < 1.29 is 4.79 Å². The number of hydrogen-bond acceptors (Lipinski definition) is 3. The number of carbonyl (C=O) groups excluding carboxylic acids is 1. The topological polar surface area (TPSA) is 78.9 Å². The Morgan fingerprint density at radius 2 is 2.11 bits per heavy atom. The van der Waals surface area contributed by atoms with Crippen molar-refractivity contribution in [3.8, 4) is 6.07 Å². The SMILES string of the molecule is CCC(CC#N)NC(=O)CCC(N)c1ccccc1. The van der Waals surface area contributed by atoms with Gasteiger partial charge in [-0.1, -0.05) is 37.3 Å². The number of nitriles is 1. The zero-order valence-electron chi connectivity index (χ0n) is 11.3. The Kier molecular flexibility index (Phi) is 6.62. The van der Waals surface area contributed by atoms with E-state index in [4.69, 9.17) is 11.0 Å². The Balaban J connectivity index is 2.36. The summed E-state index contributed by atoms with van der Waals surface area (Å²) < 4.78 is 0. The fourth-order valence-corrected chi connectivity index (χ4v) is 1.86. The number of benzene rings is 1. The van der Waals surface area contributed by atoms with Crippen LogP contribution < -0.4 is 11.1 Å². The predicted octanol–water partition coefficient (Wildman–Crippen LogP) is 2.28. The van der Waals surface area contributed by atoms with E-state index < -0.39 is 0 Å². The van der Waals surface area contributed by atoms with E-state index in [0.29, 0.717) is 19.3 Å². The Morgan fingerprint density at radius 3 is 2.68 bits per heavy atom. The molecule has 0 aromatic heterocycles. The number of nitrogens with two attached hydrogens (primary N) is 1. The zero-order valence-corrected chi connectivity index (χ0v) is 11.3. The maximum atomic E-state index is 11.7. The Bertz CT molecular complexity index is 425. The lowest BCUT2D eigenvalue weighted by Crippen LogP contribution is -2.34. The molecule has 102 valence electrons. The Hall–Kier alpha value is -1.86. The normalized spacial score (nSPS) is 13.3. The molecule has 1 aromatic rings. The Morgan fingerprint density at radius 1 is 1.42 bits per heavy atom. The van der Waals surface area contributed by atoms with Crippen molar-refractivity contribution in [1.82, 2.24) is 5.32 Å². The van der Waals surface area contributed by atoms with Gasteiger partial charge in [-0.2, -0.15) is 5.26 Å². The minimum Gasteiger partial charge on any atom is -0.352 e. The second kappa shape index (κ2) is 8.28. The molecule has 2 unspecified atom stereocenters. The minimum absolute atomic E-state index is 0.0338. The first-order chi connectivity index (χ1) is 9.17. The second-order valence-electron chi connectivity index (χ2n) is 4.59. The van der Waals surface area contributed by atoms with E-state index in [1.165, 1.54) is 0 Å². The molecule has 3 N–H and O–H groups in total. The largest absolute Gasteiger partial charge is 0.352 e. The van der Waals surface area contributed by atoms with Crippen molar-refractivity contribution in [2.45, 2.75) is 44.7 Å². The first-order valence-electron chi connectivity index (χ1n) is 6.64. The molecule has 4 heteroatoms. The predicted molar refractivity (Wildman–Crippen MR) is 75.1 cm³/mol. The maximum absolute atomic E-state index is 11.7. The number of nitrogens with one attached hydrogen (secondary N) is 1. The molecule has 19 heavy (non-hydrogen) atoms. The number of nitrogens with zero attached hydrogens (tertiary/aromatic N) is 1. The summed E-state index contributed by atoms with van der Waals surface area (Å²) in [5.41, 5.74) is 7.07. The van der Waals surface area contributed by atoms with Crippen LogP contribution in [-0.2, 0) is 4.79 Å². The van der Waals surface area contributed by atoms with E-state index in [0.717, 1.165) is 12.0 Å². The van der Waals surface area contributed by atoms with Gasteiger partial charge in [-0.25, -0.2) is 0 Å². The average molecular weight is 259 g/mol. The molecule has 0 bridgehead atoms. The fourth-order valence-electron chi connectivity index (χ4n) is 1.86. The monoisotopic (exact) mass is 259 g/mol. The van der Waals surface area contributed by atoms with Gasteiger partial charge >= 0.3 is 0 Å². The maximum Gasteiger partial charge on any atom is 0.220 e. The average Bonchev–Trinajstić information content (AvgIpc) is 2.45. The molecule has 0 aliphatic carbocycles. The van der Waals surface area contributed by atoms with Crippen molar-refractivity contribution in [3.05, 3.63) is 35.9 Å². The lowest BCUT2D eigenvalue weighted by atomic mass is 10.0. The number of rotatable bonds is 7. The summed E-state index contributed by atoms with van der Waals surface area (Å²) in [5, 5.41) is 11.5. The van der Waals surface area contributed by atoms with Crippen molar-refractivity contribution in [2.75, 3.05) is 0 Å². The van der Waals surface area contributed by atoms with Crippen LogP contribution in [0.2, 0.25) is 0 Å². The molecule has 1 aromatic carbocycles. The smallest absolute Gasteiger partial charge is 0.220 e. The van der Waals surface area contributed by atoms with Gasteiger partial charge in [-0.3, -0.25) is 4.79 Å². The van der Waals surface area contributed by atoms with E-state index in [2.05, 4.69) is 11.4 Å². The third-order valence-corrected chi connectivity index (χ3v) is 3.11. The van der Waals surface area contributed by atoms with Gasteiger partial charge in [0.2, 0.25) is 5.91 Å². The highest BCUT2D eigenvalue weighted by molar-refractivity contribution is 5.76. The fraction of sp³-hybridized carbons (Fsp3) is 0.467. The molecular formula is C15H21N3O. The van der Waals surface area contributed by atoms with Gasteiger partial charge in [0.15, 0.2) is 0 Å². The summed E-state index contributed by atoms with van der Waals surface area (Å²) in [6.07, 6.45) is 2.12. The summed E-state index contributed by atoms with van der Waals surface area (Å²) in [5.74, 6) is -0.0338. The summed E-state index contributed by atoms with van der Waals surface area (Å²) in [6, 6.07) is 11.7. The molecule has 1 rings (SSSR count). The van der Waals surface area contributed by atoms with E-state index in [9.17, 15) is 4.79 Å². The van der Waals surface area contributed by atoms with Crippen molar-refractivity contribution in [3.63, 3.8) is 0 Å². The van der Waals surface area contributed by atoms with Crippen molar-refractivity contribution >= 4 is 5.91 Å². The van der Waals surface area contributed by atoms with Crippen molar-refractivity contribution in [1.29, 1.82) is 5.26 Å². The number of carbonyl (C=O) groups is 1. The third kappa shape index (κ3) is 5.54. The zero-order chi connectivity index (χ0) is 14.1. The van der Waals surface area contributed by atoms with Crippen LogP contribution in [0.5, 0.6) is 0 Å². The van der Waals surface area contributed by atoms with Crippen LogP contribution >= 0.6 is 0 Å². The number of hydrogen-bond donors (Lipinski definition) is 2. The third-order valence-electron chi connectivity index (χ3n) is 3.11. The molecule has 0 fully saturated rings. The van der Waals surface area contributed by atoms with Gasteiger partial charge in [0.1, 0.15) is 0 Å². The quantitative estimate of drug-likeness (QED) is 0.788. The van der Waals surface area contributed by atoms with Gasteiger partial charge in [0.05, 0.1) is 12.5 Å². The number of amides is 1. The molecule has 0 aliphatic rings. The molecule has 2 atom stereocenters. The summed E-state index contributed by atoms with van der Waals surface area (Å²) >= 11 is 0. The van der Waals surface area contributed by atoms with Crippen molar-refractivity contribution in [2.24, 2.45) is 5.73 Å².